The van der Waals surface area contributed by atoms with Crippen LogP contribution >= 0.6 is 11.8 Å². The summed E-state index contributed by atoms with van der Waals surface area (Å²) in [4.78, 5) is 49.3. The van der Waals surface area contributed by atoms with Crippen molar-refractivity contribution in [3.8, 4) is 0 Å². The number of hydrogen-bond acceptors (Lipinski definition) is 5. The SMILES string of the molecule is C=CCN(Cc1ccccc1)C(=O)[C@@H]1[C@@H]2CCC3(S2)C(C(=O)N(CC=C)C(C)(C)C)N([C@@H](CO)Cc2ccccc2)C(=O)[C@H]13. The van der Waals surface area contributed by atoms with E-state index >= 15 is 0 Å². The molecule has 3 aliphatic rings. The summed E-state index contributed by atoms with van der Waals surface area (Å²) in [7, 11) is 0. The molecule has 8 heteroatoms. The van der Waals surface area contributed by atoms with Crippen LogP contribution in [0.4, 0.5) is 0 Å². The molecule has 7 nitrogen and oxygen atoms in total. The molecular formula is C36H45N3O4S. The van der Waals surface area contributed by atoms with Gasteiger partial charge in [0.2, 0.25) is 17.7 Å². The van der Waals surface area contributed by atoms with Gasteiger partial charge in [-0.1, -0.05) is 72.8 Å². The number of carbonyl (C=O) groups excluding carboxylic acids is 3. The van der Waals surface area contributed by atoms with E-state index in [1.54, 1.807) is 38.6 Å². The molecule has 1 N–H and O–H groups in total. The number of thioether (sulfide) groups is 1. The Hall–Kier alpha value is -3.36. The zero-order valence-electron chi connectivity index (χ0n) is 26.1. The third-order valence-electron chi connectivity index (χ3n) is 9.44. The van der Waals surface area contributed by atoms with Crippen LogP contribution in [-0.4, -0.2) is 84.8 Å². The smallest absolute Gasteiger partial charge is 0.247 e. The number of aliphatic hydroxyl groups excluding tert-OH is 1. The fourth-order valence-corrected chi connectivity index (χ4v) is 9.75. The fraction of sp³-hybridized carbons (Fsp3) is 0.472. The molecule has 3 saturated heterocycles. The maximum atomic E-state index is 14.8. The van der Waals surface area contributed by atoms with Crippen molar-refractivity contribution >= 4 is 29.5 Å². The molecule has 0 aliphatic carbocycles. The quantitative estimate of drug-likeness (QED) is 0.350. The van der Waals surface area contributed by atoms with Gasteiger partial charge in [-0.2, -0.15) is 0 Å². The summed E-state index contributed by atoms with van der Waals surface area (Å²) < 4.78 is -0.749. The second-order valence-electron chi connectivity index (χ2n) is 13.2. The van der Waals surface area contributed by atoms with Crippen LogP contribution in [0.2, 0.25) is 0 Å². The molecule has 0 radical (unpaired) electrons. The Morgan fingerprint density at radius 2 is 1.64 bits per heavy atom. The number of amides is 3. The second kappa shape index (κ2) is 12.9. The first-order chi connectivity index (χ1) is 21.1. The Labute approximate surface area is 266 Å². The van der Waals surface area contributed by atoms with Gasteiger partial charge in [-0.05, 0) is 51.2 Å². The highest BCUT2D eigenvalue weighted by atomic mass is 32.2. The molecule has 1 spiro atoms. The third kappa shape index (κ3) is 5.74. The molecular weight excluding hydrogens is 570 g/mol. The molecule has 5 rings (SSSR count). The number of benzene rings is 2. The van der Waals surface area contributed by atoms with Gasteiger partial charge in [-0.25, -0.2) is 0 Å². The average molecular weight is 616 g/mol. The van der Waals surface area contributed by atoms with Gasteiger partial charge in [0.1, 0.15) is 6.04 Å². The van der Waals surface area contributed by atoms with Crippen molar-refractivity contribution < 1.29 is 19.5 Å². The number of aliphatic hydroxyl groups is 1. The van der Waals surface area contributed by atoms with Crippen LogP contribution in [0, 0.1) is 11.8 Å². The maximum Gasteiger partial charge on any atom is 0.247 e. The first kappa shape index (κ1) is 32.0. The van der Waals surface area contributed by atoms with Gasteiger partial charge in [0.25, 0.3) is 0 Å². The van der Waals surface area contributed by atoms with Gasteiger partial charge in [0.05, 0.1) is 29.2 Å². The summed E-state index contributed by atoms with van der Waals surface area (Å²) in [6.07, 6.45) is 5.29. The Kier molecular flexibility index (Phi) is 9.42. The molecule has 2 aromatic carbocycles. The fourth-order valence-electron chi connectivity index (χ4n) is 7.56. The van der Waals surface area contributed by atoms with Gasteiger partial charge in [0.15, 0.2) is 0 Å². The number of hydrogen-bond donors (Lipinski definition) is 1. The van der Waals surface area contributed by atoms with Crippen molar-refractivity contribution in [2.24, 2.45) is 11.8 Å². The Bertz CT molecular complexity index is 1380. The van der Waals surface area contributed by atoms with Crippen LogP contribution in [0.1, 0.15) is 44.7 Å². The lowest BCUT2D eigenvalue weighted by Crippen LogP contribution is -2.61. The lowest BCUT2D eigenvalue weighted by atomic mass is 9.70. The van der Waals surface area contributed by atoms with Crippen molar-refractivity contribution in [2.45, 2.75) is 74.2 Å². The Morgan fingerprint density at radius 1 is 1.02 bits per heavy atom. The highest BCUT2D eigenvalue weighted by Crippen LogP contribution is 2.67. The normalized spacial score (nSPS) is 26.3. The van der Waals surface area contributed by atoms with Crippen LogP contribution in [0.5, 0.6) is 0 Å². The first-order valence-electron chi connectivity index (χ1n) is 15.6. The van der Waals surface area contributed by atoms with Gasteiger partial charge >= 0.3 is 0 Å². The molecule has 0 aromatic heterocycles. The minimum atomic E-state index is -0.796. The largest absolute Gasteiger partial charge is 0.394 e. The van der Waals surface area contributed by atoms with Gasteiger partial charge < -0.3 is 19.8 Å². The number of likely N-dealkylation sites (tertiary alicyclic amines) is 1. The first-order valence-corrected chi connectivity index (χ1v) is 16.5. The van der Waals surface area contributed by atoms with Crippen LogP contribution in [0.25, 0.3) is 0 Å². The molecule has 0 saturated carbocycles. The van der Waals surface area contributed by atoms with Crippen LogP contribution < -0.4 is 0 Å². The van der Waals surface area contributed by atoms with E-state index in [1.807, 2.05) is 81.4 Å². The Morgan fingerprint density at radius 3 is 2.20 bits per heavy atom. The lowest BCUT2D eigenvalue weighted by Gasteiger charge is -2.43. The molecule has 3 amide bonds. The maximum absolute atomic E-state index is 14.8. The summed E-state index contributed by atoms with van der Waals surface area (Å²) >= 11 is 1.66. The van der Waals surface area contributed by atoms with Gasteiger partial charge in [0, 0.05) is 30.4 Å². The minimum absolute atomic E-state index is 0.0545. The van der Waals surface area contributed by atoms with Crippen molar-refractivity contribution in [1.29, 1.82) is 0 Å². The highest BCUT2D eigenvalue weighted by molar-refractivity contribution is 8.02. The monoisotopic (exact) mass is 615 g/mol. The molecule has 234 valence electrons. The third-order valence-corrected chi connectivity index (χ3v) is 11.4. The molecule has 3 aliphatic heterocycles. The molecule has 2 bridgehead atoms. The molecule has 44 heavy (non-hydrogen) atoms. The topological polar surface area (TPSA) is 81.2 Å². The van der Waals surface area contributed by atoms with E-state index in [4.69, 9.17) is 0 Å². The van der Waals surface area contributed by atoms with Gasteiger partial charge in [-0.15, -0.1) is 24.9 Å². The summed E-state index contributed by atoms with van der Waals surface area (Å²) in [5, 5.41) is 10.7. The average Bonchev–Trinajstić information content (AvgIpc) is 3.65. The predicted octanol–water partition coefficient (Wildman–Crippen LogP) is 4.71. The van der Waals surface area contributed by atoms with E-state index in [9.17, 15) is 19.5 Å². The van der Waals surface area contributed by atoms with Gasteiger partial charge in [-0.3, -0.25) is 14.4 Å². The number of nitrogens with zero attached hydrogens (tertiary/aromatic N) is 3. The highest BCUT2D eigenvalue weighted by Gasteiger charge is 2.74. The van der Waals surface area contributed by atoms with Crippen LogP contribution in [-0.2, 0) is 27.3 Å². The van der Waals surface area contributed by atoms with Crippen molar-refractivity contribution in [2.75, 3.05) is 19.7 Å². The van der Waals surface area contributed by atoms with Crippen molar-refractivity contribution in [3.05, 3.63) is 97.1 Å². The zero-order chi connectivity index (χ0) is 31.6. The Balaban J connectivity index is 1.57. The summed E-state index contributed by atoms with van der Waals surface area (Å²) in [6, 6.07) is 18.2. The van der Waals surface area contributed by atoms with E-state index in [1.165, 1.54) is 0 Å². The number of carbonyl (C=O) groups is 3. The molecule has 6 atom stereocenters. The van der Waals surface area contributed by atoms with E-state index in [0.29, 0.717) is 32.5 Å². The lowest BCUT2D eigenvalue weighted by molar-refractivity contribution is -0.148. The summed E-state index contributed by atoms with van der Waals surface area (Å²) in [6.45, 7) is 14.6. The zero-order valence-corrected chi connectivity index (χ0v) is 26.9. The summed E-state index contributed by atoms with van der Waals surface area (Å²) in [5.41, 5.74) is 1.47. The predicted molar refractivity (Wildman–Crippen MR) is 176 cm³/mol. The van der Waals surface area contributed by atoms with E-state index in [2.05, 4.69) is 13.2 Å². The number of fused-ring (bicyclic) bond motifs is 1. The molecule has 2 aromatic rings. The van der Waals surface area contributed by atoms with Crippen molar-refractivity contribution in [3.63, 3.8) is 0 Å². The van der Waals surface area contributed by atoms with Crippen molar-refractivity contribution in [1.82, 2.24) is 14.7 Å². The molecule has 2 unspecified atom stereocenters. The molecule has 3 fully saturated rings. The van der Waals surface area contributed by atoms with E-state index in [0.717, 1.165) is 17.5 Å². The van der Waals surface area contributed by atoms with E-state index in [-0.39, 0.29) is 29.6 Å². The summed E-state index contributed by atoms with van der Waals surface area (Å²) in [5.74, 6) is -1.61. The standard InChI is InChI=1S/C36H45N3O4S/c1-6-20-37(23-26-16-12-9-13-17-26)32(41)29-28-18-19-36(44-28)30(29)33(42)39(27(24-40)22-25-14-10-8-11-15-25)31(36)34(43)38(21-7-2)35(3,4)5/h6-17,27-31,40H,1-2,18-24H2,3-5H3/t27-,28+,29-,30+,31?,36?/m1/s1. The van der Waals surface area contributed by atoms with E-state index < -0.39 is 34.2 Å². The minimum Gasteiger partial charge on any atom is -0.394 e. The number of rotatable bonds is 12. The second-order valence-corrected chi connectivity index (χ2v) is 14.8. The van der Waals surface area contributed by atoms with Crippen LogP contribution in [0.15, 0.2) is 86.0 Å². The van der Waals surface area contributed by atoms with Crippen LogP contribution in [0.3, 0.4) is 0 Å². The molecule has 3 heterocycles.